The van der Waals surface area contributed by atoms with Crippen molar-refractivity contribution >= 4 is 0 Å². The summed E-state index contributed by atoms with van der Waals surface area (Å²) in [5, 5.41) is 21.7. The van der Waals surface area contributed by atoms with Crippen LogP contribution in [0.4, 0.5) is 0 Å². The van der Waals surface area contributed by atoms with Crippen LogP contribution in [0.5, 0.6) is 0 Å². The van der Waals surface area contributed by atoms with Gasteiger partial charge < -0.3 is 24.4 Å². The van der Waals surface area contributed by atoms with Crippen molar-refractivity contribution in [3.8, 4) is 0 Å². The highest BCUT2D eigenvalue weighted by molar-refractivity contribution is 5.32. The molecule has 7 rings (SSSR count). The summed E-state index contributed by atoms with van der Waals surface area (Å²) in [5.74, 6) is 2.89. The van der Waals surface area contributed by atoms with Crippen LogP contribution in [0.1, 0.15) is 107 Å². The molecule has 240 valence electrons. The molecule has 5 aliphatic carbocycles. The number of ether oxygens (including phenoxy) is 3. The molecule has 0 radical (unpaired) electrons. The van der Waals surface area contributed by atoms with Gasteiger partial charge in [0.2, 0.25) is 0 Å². The number of hydrogen-bond acceptors (Lipinski definition) is 6. The molecule has 2 N–H and O–H groups in total. The van der Waals surface area contributed by atoms with Gasteiger partial charge in [0.15, 0.2) is 6.29 Å². The second-order valence-corrected chi connectivity index (χ2v) is 18.2. The van der Waals surface area contributed by atoms with Gasteiger partial charge in [-0.2, -0.15) is 0 Å². The van der Waals surface area contributed by atoms with Gasteiger partial charge in [0, 0.05) is 13.1 Å². The van der Waals surface area contributed by atoms with Crippen molar-refractivity contribution in [3.05, 3.63) is 0 Å². The fourth-order valence-corrected chi connectivity index (χ4v) is 13.7. The largest absolute Gasteiger partial charge is 0.388 e. The maximum atomic E-state index is 11.1. The van der Waals surface area contributed by atoms with Crippen LogP contribution in [0.2, 0.25) is 0 Å². The minimum atomic E-state index is -1.16. The van der Waals surface area contributed by atoms with E-state index in [2.05, 4.69) is 53.5 Å². The van der Waals surface area contributed by atoms with Crippen LogP contribution in [0.3, 0.4) is 0 Å². The molecule has 0 aromatic heterocycles. The number of fused-ring (bicyclic) bond motifs is 4. The Morgan fingerprint density at radius 3 is 2.36 bits per heavy atom. The Hall–Kier alpha value is -0.240. The molecule has 0 aromatic carbocycles. The van der Waals surface area contributed by atoms with Crippen molar-refractivity contribution in [1.82, 2.24) is 4.90 Å². The molecule has 6 nitrogen and oxygen atoms in total. The fourth-order valence-electron chi connectivity index (χ4n) is 13.7. The van der Waals surface area contributed by atoms with Crippen molar-refractivity contribution in [1.29, 1.82) is 0 Å². The zero-order valence-corrected chi connectivity index (χ0v) is 28.1. The molecular formula is C36H61NO5. The lowest BCUT2D eigenvalue weighted by Crippen LogP contribution is -2.59. The summed E-state index contributed by atoms with van der Waals surface area (Å²) in [6.07, 6.45) is 9.21. The van der Waals surface area contributed by atoms with E-state index in [0.29, 0.717) is 28.6 Å². The number of aliphatic hydroxyl groups excluding tert-OH is 1. The number of hydrogen-bond donors (Lipinski definition) is 2. The Morgan fingerprint density at radius 2 is 1.67 bits per heavy atom. The van der Waals surface area contributed by atoms with E-state index < -0.39 is 11.7 Å². The Labute approximate surface area is 255 Å². The third-order valence-electron chi connectivity index (χ3n) is 15.9. The van der Waals surface area contributed by atoms with Gasteiger partial charge in [-0.3, -0.25) is 4.90 Å². The average Bonchev–Trinajstić information content (AvgIpc) is 3.54. The van der Waals surface area contributed by atoms with Crippen molar-refractivity contribution in [3.63, 3.8) is 0 Å². The van der Waals surface area contributed by atoms with Crippen molar-refractivity contribution in [2.24, 2.45) is 56.7 Å². The Balaban J connectivity index is 1.15. The molecule has 7 fully saturated rings. The first-order chi connectivity index (χ1) is 19.5. The summed E-state index contributed by atoms with van der Waals surface area (Å²) in [4.78, 5) is 2.34. The molecule has 0 amide bonds. The molecular weight excluding hydrogens is 526 g/mol. The zero-order valence-electron chi connectivity index (χ0n) is 28.1. The van der Waals surface area contributed by atoms with Gasteiger partial charge in [-0.25, -0.2) is 0 Å². The third kappa shape index (κ3) is 3.78. The van der Waals surface area contributed by atoms with Crippen LogP contribution in [0.15, 0.2) is 0 Å². The lowest BCUT2D eigenvalue weighted by Gasteiger charge is -2.64. The minimum Gasteiger partial charge on any atom is -0.388 e. The van der Waals surface area contributed by atoms with Crippen LogP contribution in [-0.2, 0) is 14.2 Å². The second-order valence-electron chi connectivity index (χ2n) is 18.2. The van der Waals surface area contributed by atoms with Crippen molar-refractivity contribution in [2.45, 2.75) is 143 Å². The first kappa shape index (κ1) is 30.4. The predicted octanol–water partition coefficient (Wildman–Crippen LogP) is 5.88. The molecule has 42 heavy (non-hydrogen) atoms. The lowest BCUT2D eigenvalue weighted by molar-refractivity contribution is -0.246. The van der Waals surface area contributed by atoms with Crippen LogP contribution in [0, 0.1) is 56.7 Å². The van der Waals surface area contributed by atoms with Gasteiger partial charge in [0.05, 0.1) is 30.5 Å². The molecule has 0 bridgehead atoms. The number of likely N-dealkylation sites (N-methyl/N-ethyl adjacent to an activating group) is 1. The first-order valence-corrected chi connectivity index (χ1v) is 17.5. The average molecular weight is 588 g/mol. The molecule has 5 saturated carbocycles. The van der Waals surface area contributed by atoms with Gasteiger partial charge >= 0.3 is 0 Å². The Kier molecular flexibility index (Phi) is 6.81. The molecule has 2 heterocycles. The summed E-state index contributed by atoms with van der Waals surface area (Å²) in [5.41, 5.74) is 0.389. The molecule has 2 saturated heterocycles. The molecule has 6 heteroatoms. The summed E-state index contributed by atoms with van der Waals surface area (Å²) >= 11 is 0. The molecule has 7 aliphatic rings. The normalized spacial score (nSPS) is 55.9. The zero-order chi connectivity index (χ0) is 30.3. The van der Waals surface area contributed by atoms with Crippen LogP contribution < -0.4 is 0 Å². The number of aliphatic hydroxyl groups is 2. The van der Waals surface area contributed by atoms with Gasteiger partial charge in [-0.05, 0) is 129 Å². The topological polar surface area (TPSA) is 71.4 Å². The van der Waals surface area contributed by atoms with E-state index in [9.17, 15) is 10.2 Å². The number of rotatable bonds is 4. The Bertz CT molecular complexity index is 1070. The van der Waals surface area contributed by atoms with Gasteiger partial charge in [-0.15, -0.1) is 0 Å². The van der Waals surface area contributed by atoms with Crippen molar-refractivity contribution < 1.29 is 24.4 Å². The summed E-state index contributed by atoms with van der Waals surface area (Å²) in [6.45, 7) is 21.3. The summed E-state index contributed by atoms with van der Waals surface area (Å²) < 4.78 is 19.8. The molecule has 2 aliphatic heterocycles. The lowest BCUT2D eigenvalue weighted by atomic mass is 9.40. The summed E-state index contributed by atoms with van der Waals surface area (Å²) in [6, 6.07) is 0. The number of nitrogens with zero attached hydrogens (tertiary/aromatic N) is 1. The second kappa shape index (κ2) is 9.41. The van der Waals surface area contributed by atoms with E-state index in [-0.39, 0.29) is 40.8 Å². The van der Waals surface area contributed by atoms with E-state index in [0.717, 1.165) is 44.4 Å². The van der Waals surface area contributed by atoms with Gasteiger partial charge in [0.25, 0.3) is 0 Å². The molecule has 1 unspecified atom stereocenters. The third-order valence-corrected chi connectivity index (χ3v) is 15.9. The van der Waals surface area contributed by atoms with Gasteiger partial charge in [-0.1, -0.05) is 41.5 Å². The maximum Gasteiger partial charge on any atom is 0.170 e. The summed E-state index contributed by atoms with van der Waals surface area (Å²) in [7, 11) is 2.17. The van der Waals surface area contributed by atoms with Crippen molar-refractivity contribution in [2.75, 3.05) is 26.7 Å². The standard InChI is InChI=1S/C36H61NO5/c1-21-18-23(30(38)32(5,6)39)41-29-22(2)34(8)25-11-10-24-31(3,4)26(42-27-19-37(9)16-17-40-27)12-13-35(24)20-36(25,35)15-14-33(34,7)28(21)29/h21-30,38-39H,10-20H2,1-9H3/t21-,22+,23-,24+,25+,26+,27?,28+,29-,30+,33-,34+,35-,36+/m1/s1. The quantitative estimate of drug-likeness (QED) is 0.428. The highest BCUT2D eigenvalue weighted by Gasteiger charge is 2.84. The van der Waals surface area contributed by atoms with Crippen LogP contribution in [0.25, 0.3) is 0 Å². The van der Waals surface area contributed by atoms with E-state index in [1.165, 1.54) is 38.5 Å². The maximum absolute atomic E-state index is 11.1. The van der Waals surface area contributed by atoms with Crippen LogP contribution >= 0.6 is 0 Å². The van der Waals surface area contributed by atoms with E-state index >= 15 is 0 Å². The smallest absolute Gasteiger partial charge is 0.170 e. The molecule has 14 atom stereocenters. The number of morpholine rings is 1. The minimum absolute atomic E-state index is 0.0932. The van der Waals surface area contributed by atoms with Crippen LogP contribution in [-0.4, -0.2) is 78.2 Å². The van der Waals surface area contributed by atoms with Gasteiger partial charge in [0.1, 0.15) is 6.10 Å². The SMILES string of the molecule is C[C@@H]1C[C@H]([C@H](O)C(C)(C)O)O[C@H]2[C@H]1[C@@]1(C)CC[C@@]34C[C@@]35CC[C@H](OC3CN(C)CCO3)C(C)(C)[C@@H]5CC[C@H]4[C@]1(C)[C@H]2C. The van der Waals surface area contributed by atoms with E-state index in [4.69, 9.17) is 14.2 Å². The predicted molar refractivity (Wildman–Crippen MR) is 164 cm³/mol. The fraction of sp³-hybridized carbons (Fsp3) is 1.00. The molecule has 2 spiro atoms. The molecule has 0 aromatic rings. The van der Waals surface area contributed by atoms with E-state index in [1.807, 2.05) is 0 Å². The first-order valence-electron chi connectivity index (χ1n) is 17.5. The highest BCUT2D eigenvalue weighted by atomic mass is 16.7. The Morgan fingerprint density at radius 1 is 0.976 bits per heavy atom. The van der Waals surface area contributed by atoms with E-state index in [1.54, 1.807) is 13.8 Å². The monoisotopic (exact) mass is 587 g/mol. The highest BCUT2D eigenvalue weighted by Crippen LogP contribution is 2.89.